The summed E-state index contributed by atoms with van der Waals surface area (Å²) in [6.45, 7) is 1.79. The Labute approximate surface area is 254 Å². The average molecular weight is 600 g/mol. The van der Waals surface area contributed by atoms with E-state index in [-0.39, 0.29) is 35.1 Å². The molecule has 11 heteroatoms. The van der Waals surface area contributed by atoms with E-state index in [2.05, 4.69) is 0 Å². The summed E-state index contributed by atoms with van der Waals surface area (Å²) in [5, 5.41) is 33.3. The number of anilines is 1. The van der Waals surface area contributed by atoms with Gasteiger partial charge in [-0.25, -0.2) is 0 Å². The highest BCUT2D eigenvalue weighted by molar-refractivity contribution is 6.20. The number of non-ortho nitro benzene ring substituents is 1. The van der Waals surface area contributed by atoms with Gasteiger partial charge in [-0.05, 0) is 67.3 Å². The first-order valence-electron chi connectivity index (χ1n) is 13.9. The Morgan fingerprint density at radius 1 is 0.955 bits per heavy atom. The van der Waals surface area contributed by atoms with E-state index in [1.54, 1.807) is 54.3 Å². The van der Waals surface area contributed by atoms with Gasteiger partial charge in [-0.15, -0.1) is 0 Å². The maximum atomic E-state index is 13.9. The zero-order valence-electron chi connectivity index (χ0n) is 25.1. The van der Waals surface area contributed by atoms with Gasteiger partial charge in [0.15, 0.2) is 17.3 Å². The van der Waals surface area contributed by atoms with Crippen molar-refractivity contribution in [3.8, 4) is 23.0 Å². The molecule has 1 aliphatic heterocycles. The zero-order valence-corrected chi connectivity index (χ0v) is 25.1. The van der Waals surface area contributed by atoms with Gasteiger partial charge >= 0.3 is 0 Å². The molecule has 2 aliphatic rings. The summed E-state index contributed by atoms with van der Waals surface area (Å²) in [6, 6.07) is 14.5. The zero-order chi connectivity index (χ0) is 31.7. The summed E-state index contributed by atoms with van der Waals surface area (Å²) in [4.78, 5) is 26.7. The topological polar surface area (TPSA) is 144 Å². The Bertz CT molecular complexity index is 1700. The number of ether oxygens (including phenoxy) is 4. The number of carbonyl (C=O) groups excluding carboxylic acids is 1. The highest BCUT2D eigenvalue weighted by atomic mass is 16.6. The monoisotopic (exact) mass is 599 g/mol. The molecule has 44 heavy (non-hydrogen) atoms. The number of hydrogen-bond acceptors (Lipinski definition) is 9. The Kier molecular flexibility index (Phi) is 8.30. The molecule has 0 saturated carbocycles. The van der Waals surface area contributed by atoms with E-state index in [1.165, 1.54) is 40.6 Å². The van der Waals surface area contributed by atoms with Crippen molar-refractivity contribution in [2.45, 2.75) is 32.1 Å². The highest BCUT2D eigenvalue weighted by Crippen LogP contribution is 2.51. The number of ketones is 1. The molecular formula is C33H33N3O8. The van der Waals surface area contributed by atoms with Crippen molar-refractivity contribution in [2.75, 3.05) is 33.3 Å². The molecule has 0 unspecified atom stereocenters. The maximum Gasteiger partial charge on any atom is 0.271 e. The molecule has 11 nitrogen and oxygen atoms in total. The molecule has 228 valence electrons. The Morgan fingerprint density at radius 2 is 1.61 bits per heavy atom. The fourth-order valence-electron chi connectivity index (χ4n) is 5.92. The van der Waals surface area contributed by atoms with Gasteiger partial charge in [-0.2, -0.15) is 0 Å². The molecule has 0 fully saturated rings. The molecule has 1 aliphatic carbocycles. The van der Waals surface area contributed by atoms with Crippen LogP contribution in [0.4, 0.5) is 11.4 Å². The van der Waals surface area contributed by atoms with Crippen LogP contribution in [-0.4, -0.2) is 50.1 Å². The third-order valence-electron chi connectivity index (χ3n) is 8.04. The van der Waals surface area contributed by atoms with Gasteiger partial charge in [-0.1, -0.05) is 6.07 Å². The lowest BCUT2D eigenvalue weighted by Gasteiger charge is -2.42. The van der Waals surface area contributed by atoms with Gasteiger partial charge in [0.05, 0.1) is 39.0 Å². The Balaban J connectivity index is 1.88. The van der Waals surface area contributed by atoms with E-state index < -0.39 is 10.8 Å². The molecular weight excluding hydrogens is 566 g/mol. The molecule has 1 atom stereocenters. The van der Waals surface area contributed by atoms with E-state index in [4.69, 9.17) is 18.9 Å². The fraction of sp³-hybridized carbons (Fsp3) is 0.273. The van der Waals surface area contributed by atoms with Gasteiger partial charge in [-0.3, -0.25) is 25.2 Å². The van der Waals surface area contributed by atoms with Gasteiger partial charge in [0, 0.05) is 46.9 Å². The first-order chi connectivity index (χ1) is 21.1. The van der Waals surface area contributed by atoms with Crippen LogP contribution in [0.2, 0.25) is 0 Å². The van der Waals surface area contributed by atoms with Crippen molar-refractivity contribution in [1.29, 1.82) is 5.41 Å². The van der Waals surface area contributed by atoms with Crippen molar-refractivity contribution in [3.05, 3.63) is 98.2 Å². The van der Waals surface area contributed by atoms with E-state index in [0.717, 1.165) is 0 Å². The number of nitro benzene ring substituents is 1. The number of carbonyl (C=O) groups is 1. The standard InChI is InChI=1S/C33H33N3O8/c1-18-9-12-21(36(39)40)17-24(18)35-23-7-6-8-25(37)29(23)28(20-15-26(42-3)32(44-5)27(16-20)43-4)30(33(35)34)31(38)19-10-13-22(41-2)14-11-19/h9-17,28,34,38H,6-8H2,1-5H3/t28-/m0/s1. The summed E-state index contributed by atoms with van der Waals surface area (Å²) in [6.07, 6.45) is 1.26. The lowest BCUT2D eigenvalue weighted by Crippen LogP contribution is -2.42. The lowest BCUT2D eigenvalue weighted by atomic mass is 9.73. The van der Waals surface area contributed by atoms with Crippen LogP contribution in [0.15, 0.2) is 71.4 Å². The number of nitrogens with zero attached hydrogens (tertiary/aromatic N) is 2. The first kappa shape index (κ1) is 30.1. The smallest absolute Gasteiger partial charge is 0.271 e. The van der Waals surface area contributed by atoms with Crippen molar-refractivity contribution in [2.24, 2.45) is 0 Å². The number of amidine groups is 1. The van der Waals surface area contributed by atoms with Gasteiger partial charge in [0.25, 0.3) is 5.69 Å². The summed E-state index contributed by atoms with van der Waals surface area (Å²) in [5.41, 5.74) is 2.92. The van der Waals surface area contributed by atoms with E-state index in [0.29, 0.717) is 69.5 Å². The Morgan fingerprint density at radius 3 is 2.18 bits per heavy atom. The number of aliphatic hydroxyl groups is 1. The number of aliphatic hydroxyl groups excluding tert-OH is 1. The van der Waals surface area contributed by atoms with Crippen LogP contribution in [0.3, 0.4) is 0 Å². The number of benzene rings is 3. The summed E-state index contributed by atoms with van der Waals surface area (Å²) >= 11 is 0. The number of Topliss-reactive ketones (excluding diaryl/α,β-unsaturated/α-hetero) is 1. The van der Waals surface area contributed by atoms with Crippen molar-refractivity contribution < 1.29 is 33.8 Å². The Hall–Kier alpha value is -5.32. The minimum absolute atomic E-state index is 0.117. The average Bonchev–Trinajstić information content (AvgIpc) is 3.03. The van der Waals surface area contributed by atoms with Crippen molar-refractivity contribution in [3.63, 3.8) is 0 Å². The molecule has 2 N–H and O–H groups in total. The van der Waals surface area contributed by atoms with Crippen LogP contribution in [0.1, 0.15) is 41.9 Å². The molecule has 0 amide bonds. The van der Waals surface area contributed by atoms with E-state index in [1.807, 2.05) is 0 Å². The van der Waals surface area contributed by atoms with Crippen LogP contribution in [0.25, 0.3) is 5.76 Å². The second-order valence-electron chi connectivity index (χ2n) is 10.4. The van der Waals surface area contributed by atoms with Crippen molar-refractivity contribution >= 4 is 28.8 Å². The summed E-state index contributed by atoms with van der Waals surface area (Å²) in [5.74, 6) is 0.240. The quantitative estimate of drug-likeness (QED) is 0.168. The fourth-order valence-corrected chi connectivity index (χ4v) is 5.92. The number of methoxy groups -OCH3 is 4. The van der Waals surface area contributed by atoms with Crippen LogP contribution >= 0.6 is 0 Å². The van der Waals surface area contributed by atoms with Crippen LogP contribution in [-0.2, 0) is 4.79 Å². The minimum atomic E-state index is -0.892. The highest BCUT2D eigenvalue weighted by Gasteiger charge is 2.44. The molecule has 0 saturated heterocycles. The molecule has 1 heterocycles. The second-order valence-corrected chi connectivity index (χ2v) is 10.4. The first-order valence-corrected chi connectivity index (χ1v) is 13.9. The molecule has 0 radical (unpaired) electrons. The van der Waals surface area contributed by atoms with Crippen molar-refractivity contribution in [1.82, 2.24) is 0 Å². The van der Waals surface area contributed by atoms with Crippen LogP contribution in [0.5, 0.6) is 23.0 Å². The number of nitro groups is 1. The molecule has 0 bridgehead atoms. The number of hydrogen-bond donors (Lipinski definition) is 2. The van der Waals surface area contributed by atoms with Crippen LogP contribution in [0, 0.1) is 22.4 Å². The number of aryl methyl sites for hydroxylation is 1. The molecule has 3 aromatic carbocycles. The van der Waals surface area contributed by atoms with E-state index in [9.17, 15) is 25.4 Å². The largest absolute Gasteiger partial charge is 0.507 e. The summed E-state index contributed by atoms with van der Waals surface area (Å²) in [7, 11) is 5.99. The summed E-state index contributed by atoms with van der Waals surface area (Å²) < 4.78 is 22.1. The van der Waals surface area contributed by atoms with Crippen LogP contribution < -0.4 is 23.8 Å². The normalized spacial score (nSPS) is 17.7. The minimum Gasteiger partial charge on any atom is -0.507 e. The molecule has 3 aromatic rings. The SMILES string of the molecule is COc1ccc(C(O)=C2C(=N)N(c3cc([N+](=O)[O-])ccc3C)C3=C(C(=O)CCC3)[C@@H]2c2cc(OC)c(OC)c(OC)c2)cc1. The number of allylic oxidation sites excluding steroid dienone is 2. The lowest BCUT2D eigenvalue weighted by molar-refractivity contribution is -0.384. The predicted octanol–water partition coefficient (Wildman–Crippen LogP) is 6.50. The molecule has 0 aromatic heterocycles. The molecule has 5 rings (SSSR count). The second kappa shape index (κ2) is 12.1. The maximum absolute atomic E-state index is 13.9. The third-order valence-corrected chi connectivity index (χ3v) is 8.04. The number of nitrogens with one attached hydrogen (secondary N) is 1. The van der Waals surface area contributed by atoms with E-state index >= 15 is 0 Å². The predicted molar refractivity (Wildman–Crippen MR) is 165 cm³/mol. The van der Waals surface area contributed by atoms with Gasteiger partial charge < -0.3 is 24.1 Å². The van der Waals surface area contributed by atoms with Gasteiger partial charge in [0.2, 0.25) is 5.75 Å². The third kappa shape index (κ3) is 5.10. The number of rotatable bonds is 8. The molecule has 0 spiro atoms. The van der Waals surface area contributed by atoms with Gasteiger partial charge in [0.1, 0.15) is 17.3 Å².